The second-order valence-corrected chi connectivity index (χ2v) is 5.88. The van der Waals surface area contributed by atoms with E-state index in [9.17, 15) is 8.42 Å². The highest BCUT2D eigenvalue weighted by Crippen LogP contribution is 2.26. The van der Waals surface area contributed by atoms with Crippen LogP contribution in [0.2, 0.25) is 5.02 Å². The number of anilines is 2. The molecule has 0 unspecified atom stereocenters. The summed E-state index contributed by atoms with van der Waals surface area (Å²) in [5.41, 5.74) is 6.43. The van der Waals surface area contributed by atoms with Crippen molar-refractivity contribution in [1.29, 1.82) is 0 Å². The molecule has 19 heavy (non-hydrogen) atoms. The maximum Gasteiger partial charge on any atom is 0.264 e. The van der Waals surface area contributed by atoms with Crippen molar-refractivity contribution in [3.63, 3.8) is 0 Å². The second-order valence-electron chi connectivity index (χ2n) is 3.80. The molecule has 0 aliphatic carbocycles. The Labute approximate surface area is 115 Å². The number of nitrogen functional groups attached to an aromatic ring is 1. The molecule has 100 valence electrons. The SMILES string of the molecule is Cc1c(N)cc(Cl)cc1S(=O)(=O)Nc1ncccn1. The van der Waals surface area contributed by atoms with E-state index in [2.05, 4.69) is 14.7 Å². The molecule has 1 aromatic carbocycles. The van der Waals surface area contributed by atoms with E-state index in [1.54, 1.807) is 13.0 Å². The van der Waals surface area contributed by atoms with Crippen molar-refractivity contribution in [1.82, 2.24) is 9.97 Å². The molecular weight excluding hydrogens is 288 g/mol. The number of sulfonamides is 1. The number of hydrogen-bond acceptors (Lipinski definition) is 5. The van der Waals surface area contributed by atoms with Crippen LogP contribution in [0.3, 0.4) is 0 Å². The number of nitrogens with two attached hydrogens (primary N) is 1. The van der Waals surface area contributed by atoms with Crippen LogP contribution in [0.1, 0.15) is 5.56 Å². The van der Waals surface area contributed by atoms with Gasteiger partial charge in [0.15, 0.2) is 0 Å². The Morgan fingerprint density at radius 1 is 1.26 bits per heavy atom. The summed E-state index contributed by atoms with van der Waals surface area (Å²) in [6, 6.07) is 4.41. The molecule has 2 rings (SSSR count). The van der Waals surface area contributed by atoms with Gasteiger partial charge in [0.2, 0.25) is 5.95 Å². The molecule has 0 saturated heterocycles. The third kappa shape index (κ3) is 2.94. The second kappa shape index (κ2) is 5.02. The first-order chi connectivity index (χ1) is 8.90. The van der Waals surface area contributed by atoms with Gasteiger partial charge in [-0.2, -0.15) is 0 Å². The Hall–Kier alpha value is -1.86. The summed E-state index contributed by atoms with van der Waals surface area (Å²) >= 11 is 5.83. The molecule has 2 aromatic rings. The summed E-state index contributed by atoms with van der Waals surface area (Å²) in [6.07, 6.45) is 2.87. The molecule has 0 amide bonds. The van der Waals surface area contributed by atoms with Gasteiger partial charge in [0.1, 0.15) is 0 Å². The minimum atomic E-state index is -3.83. The van der Waals surface area contributed by atoms with Gasteiger partial charge < -0.3 is 5.73 Å². The average Bonchev–Trinajstić information content (AvgIpc) is 2.34. The Bertz CT molecular complexity index is 704. The van der Waals surface area contributed by atoms with Crippen LogP contribution in [0.5, 0.6) is 0 Å². The van der Waals surface area contributed by atoms with E-state index in [0.717, 1.165) is 0 Å². The van der Waals surface area contributed by atoms with E-state index in [0.29, 0.717) is 11.3 Å². The summed E-state index contributed by atoms with van der Waals surface area (Å²) in [5.74, 6) is -0.0135. The van der Waals surface area contributed by atoms with Crippen LogP contribution in [0.25, 0.3) is 0 Å². The molecule has 0 fully saturated rings. The highest BCUT2D eigenvalue weighted by atomic mass is 35.5. The zero-order valence-electron chi connectivity index (χ0n) is 9.96. The average molecular weight is 299 g/mol. The Morgan fingerprint density at radius 3 is 2.53 bits per heavy atom. The van der Waals surface area contributed by atoms with Gasteiger partial charge in [-0.25, -0.2) is 23.1 Å². The van der Waals surface area contributed by atoms with Crippen LogP contribution in [0.4, 0.5) is 11.6 Å². The fraction of sp³-hybridized carbons (Fsp3) is 0.0909. The van der Waals surface area contributed by atoms with E-state index in [-0.39, 0.29) is 15.9 Å². The van der Waals surface area contributed by atoms with E-state index in [1.165, 1.54) is 24.5 Å². The molecule has 0 bridgehead atoms. The fourth-order valence-electron chi connectivity index (χ4n) is 1.48. The van der Waals surface area contributed by atoms with Crippen LogP contribution >= 0.6 is 11.6 Å². The molecule has 0 aliphatic heterocycles. The van der Waals surface area contributed by atoms with Gasteiger partial charge in [0.05, 0.1) is 4.90 Å². The van der Waals surface area contributed by atoms with Gasteiger partial charge in [0.25, 0.3) is 10.0 Å². The minimum Gasteiger partial charge on any atom is -0.398 e. The highest BCUT2D eigenvalue weighted by Gasteiger charge is 2.20. The maximum atomic E-state index is 12.2. The highest BCUT2D eigenvalue weighted by molar-refractivity contribution is 7.92. The van der Waals surface area contributed by atoms with Crippen molar-refractivity contribution >= 4 is 33.3 Å². The molecular formula is C11H11ClN4O2S. The van der Waals surface area contributed by atoms with Crippen LogP contribution in [-0.4, -0.2) is 18.4 Å². The lowest BCUT2D eigenvalue weighted by molar-refractivity contribution is 0.600. The van der Waals surface area contributed by atoms with Crippen molar-refractivity contribution < 1.29 is 8.42 Å². The Kier molecular flexibility index (Phi) is 3.59. The number of nitrogens with one attached hydrogen (secondary N) is 1. The maximum absolute atomic E-state index is 12.2. The summed E-state index contributed by atoms with van der Waals surface area (Å²) in [7, 11) is -3.83. The third-order valence-electron chi connectivity index (χ3n) is 2.45. The first-order valence-corrected chi connectivity index (χ1v) is 7.12. The molecule has 0 spiro atoms. The molecule has 0 aliphatic rings. The Balaban J connectivity index is 2.46. The zero-order valence-corrected chi connectivity index (χ0v) is 11.5. The Morgan fingerprint density at radius 2 is 1.89 bits per heavy atom. The number of hydrogen-bond donors (Lipinski definition) is 2. The predicted molar refractivity (Wildman–Crippen MR) is 73.4 cm³/mol. The molecule has 0 atom stereocenters. The fourth-order valence-corrected chi connectivity index (χ4v) is 3.03. The molecule has 0 saturated carbocycles. The van der Waals surface area contributed by atoms with E-state index in [4.69, 9.17) is 17.3 Å². The van der Waals surface area contributed by atoms with Crippen molar-refractivity contribution in [3.8, 4) is 0 Å². The number of aromatic nitrogens is 2. The lowest BCUT2D eigenvalue weighted by Crippen LogP contribution is -2.16. The molecule has 1 heterocycles. The lowest BCUT2D eigenvalue weighted by atomic mass is 10.2. The summed E-state index contributed by atoms with van der Waals surface area (Å²) in [5, 5.41) is 0.248. The lowest BCUT2D eigenvalue weighted by Gasteiger charge is -2.11. The van der Waals surface area contributed by atoms with Crippen molar-refractivity contribution in [2.75, 3.05) is 10.5 Å². The van der Waals surface area contributed by atoms with Gasteiger partial charge in [-0.15, -0.1) is 0 Å². The molecule has 6 nitrogen and oxygen atoms in total. The largest absolute Gasteiger partial charge is 0.398 e. The predicted octanol–water partition coefficient (Wildman–Crippen LogP) is 1.82. The van der Waals surface area contributed by atoms with Crippen LogP contribution in [0, 0.1) is 6.92 Å². The standard InChI is InChI=1S/C11H11ClN4O2S/c1-7-9(13)5-8(12)6-10(7)19(17,18)16-11-14-3-2-4-15-11/h2-6H,13H2,1H3,(H,14,15,16). The minimum absolute atomic E-state index is 0.00459. The summed E-state index contributed by atoms with van der Waals surface area (Å²) in [6.45, 7) is 1.60. The summed E-state index contributed by atoms with van der Waals surface area (Å²) in [4.78, 5) is 7.60. The van der Waals surface area contributed by atoms with Gasteiger partial charge >= 0.3 is 0 Å². The molecule has 3 N–H and O–H groups in total. The number of halogens is 1. The van der Waals surface area contributed by atoms with Crippen molar-refractivity contribution in [2.45, 2.75) is 11.8 Å². The molecule has 1 aromatic heterocycles. The molecule has 8 heteroatoms. The van der Waals surface area contributed by atoms with Crippen molar-refractivity contribution in [3.05, 3.63) is 41.2 Å². The smallest absolute Gasteiger partial charge is 0.264 e. The van der Waals surface area contributed by atoms with E-state index < -0.39 is 10.0 Å². The summed E-state index contributed by atoms with van der Waals surface area (Å²) < 4.78 is 26.7. The van der Waals surface area contributed by atoms with Gasteiger partial charge in [0, 0.05) is 23.1 Å². The van der Waals surface area contributed by atoms with Gasteiger partial charge in [-0.3, -0.25) is 0 Å². The first kappa shape index (κ1) is 13.6. The monoisotopic (exact) mass is 298 g/mol. The van der Waals surface area contributed by atoms with Crippen LogP contribution < -0.4 is 10.5 Å². The van der Waals surface area contributed by atoms with E-state index >= 15 is 0 Å². The first-order valence-electron chi connectivity index (χ1n) is 5.25. The quantitative estimate of drug-likeness (QED) is 0.842. The van der Waals surface area contributed by atoms with Gasteiger partial charge in [-0.1, -0.05) is 11.6 Å². The zero-order chi connectivity index (χ0) is 14.0. The topological polar surface area (TPSA) is 98.0 Å². The number of nitrogens with zero attached hydrogens (tertiary/aromatic N) is 2. The van der Waals surface area contributed by atoms with Crippen LogP contribution in [-0.2, 0) is 10.0 Å². The third-order valence-corrected chi connectivity index (χ3v) is 4.12. The normalized spacial score (nSPS) is 11.3. The van der Waals surface area contributed by atoms with Crippen LogP contribution in [0.15, 0.2) is 35.5 Å². The number of rotatable bonds is 3. The number of benzene rings is 1. The van der Waals surface area contributed by atoms with E-state index in [1.807, 2.05) is 0 Å². The molecule has 0 radical (unpaired) electrons. The van der Waals surface area contributed by atoms with Crippen molar-refractivity contribution in [2.24, 2.45) is 0 Å². The van der Waals surface area contributed by atoms with Gasteiger partial charge in [-0.05, 0) is 30.7 Å².